The number of carbonyl (C=O) groups is 1. The lowest BCUT2D eigenvalue weighted by molar-refractivity contribution is 0.0632. The second-order valence-electron chi connectivity index (χ2n) is 4.61. The summed E-state index contributed by atoms with van der Waals surface area (Å²) in [5.74, 6) is -0.0153. The van der Waals surface area contributed by atoms with Gasteiger partial charge in [0, 0.05) is 38.1 Å². The van der Waals surface area contributed by atoms with Crippen LogP contribution >= 0.6 is 0 Å². The van der Waals surface area contributed by atoms with E-state index in [1.165, 1.54) is 0 Å². The molecule has 1 saturated heterocycles. The maximum absolute atomic E-state index is 12.2. The van der Waals surface area contributed by atoms with Gasteiger partial charge in [-0.2, -0.15) is 0 Å². The molecule has 0 aliphatic carbocycles. The van der Waals surface area contributed by atoms with Crippen LogP contribution < -0.4 is 5.73 Å². The van der Waals surface area contributed by atoms with Crippen LogP contribution in [0.15, 0.2) is 18.3 Å². The summed E-state index contributed by atoms with van der Waals surface area (Å²) in [6.45, 7) is 6.72. The first kappa shape index (κ1) is 12.8. The summed E-state index contributed by atoms with van der Waals surface area (Å²) in [5.41, 5.74) is 6.69. The number of hydrogen-bond donors (Lipinski definition) is 1. The van der Waals surface area contributed by atoms with E-state index < -0.39 is 0 Å². The van der Waals surface area contributed by atoms with E-state index in [1.807, 2.05) is 4.90 Å². The van der Waals surface area contributed by atoms with E-state index in [2.05, 4.69) is 16.8 Å². The predicted octanol–water partition coefficient (Wildman–Crippen LogP) is 0.832. The maximum Gasteiger partial charge on any atom is 0.272 e. The normalized spacial score (nSPS) is 16.8. The molecule has 2 heterocycles. The minimum absolute atomic E-state index is 0.0153. The van der Waals surface area contributed by atoms with Gasteiger partial charge in [0.15, 0.2) is 0 Å². The monoisotopic (exact) mass is 248 g/mol. The molecule has 1 aromatic rings. The number of nitrogen functional groups attached to an aromatic ring is 1. The molecule has 2 N–H and O–H groups in total. The molecule has 1 fully saturated rings. The fraction of sp³-hybridized carbons (Fsp3) is 0.538. The second-order valence-corrected chi connectivity index (χ2v) is 4.61. The van der Waals surface area contributed by atoms with Gasteiger partial charge >= 0.3 is 0 Å². The third-order valence-electron chi connectivity index (χ3n) is 3.20. The van der Waals surface area contributed by atoms with Crippen molar-refractivity contribution in [2.45, 2.75) is 13.3 Å². The Bertz CT molecular complexity index is 413. The number of nitrogens with two attached hydrogens (primary N) is 1. The molecule has 5 nitrogen and oxygen atoms in total. The molecule has 0 saturated carbocycles. The van der Waals surface area contributed by atoms with E-state index in [0.29, 0.717) is 11.4 Å². The lowest BCUT2D eigenvalue weighted by Gasteiger charge is -2.34. The first-order valence-corrected chi connectivity index (χ1v) is 6.44. The number of pyridine rings is 1. The van der Waals surface area contributed by atoms with E-state index in [1.54, 1.807) is 18.3 Å². The van der Waals surface area contributed by atoms with E-state index in [4.69, 9.17) is 5.73 Å². The molecule has 1 aliphatic rings. The number of hydrogen-bond acceptors (Lipinski definition) is 4. The first-order valence-electron chi connectivity index (χ1n) is 6.44. The van der Waals surface area contributed by atoms with Crippen LogP contribution in [0.25, 0.3) is 0 Å². The zero-order valence-electron chi connectivity index (χ0n) is 10.8. The Morgan fingerprint density at radius 1 is 1.39 bits per heavy atom. The minimum Gasteiger partial charge on any atom is -0.399 e. The van der Waals surface area contributed by atoms with Gasteiger partial charge in [0.05, 0.1) is 0 Å². The van der Waals surface area contributed by atoms with Gasteiger partial charge in [0.2, 0.25) is 0 Å². The number of piperazine rings is 1. The molecular formula is C13H20N4O. The maximum atomic E-state index is 12.2. The van der Waals surface area contributed by atoms with Crippen molar-refractivity contribution in [3.63, 3.8) is 0 Å². The molecule has 0 unspecified atom stereocenters. The minimum atomic E-state index is -0.0153. The fourth-order valence-corrected chi connectivity index (χ4v) is 2.22. The van der Waals surface area contributed by atoms with Crippen molar-refractivity contribution >= 4 is 11.6 Å². The highest BCUT2D eigenvalue weighted by Crippen LogP contribution is 2.09. The van der Waals surface area contributed by atoms with E-state index >= 15 is 0 Å². The Kier molecular flexibility index (Phi) is 4.15. The Labute approximate surface area is 108 Å². The van der Waals surface area contributed by atoms with Gasteiger partial charge in [-0.1, -0.05) is 6.92 Å². The number of carbonyl (C=O) groups excluding carboxylic acids is 1. The van der Waals surface area contributed by atoms with Crippen LogP contribution in [0.4, 0.5) is 5.69 Å². The Balaban J connectivity index is 1.95. The van der Waals surface area contributed by atoms with Crippen LogP contribution in [0.3, 0.4) is 0 Å². The quantitative estimate of drug-likeness (QED) is 0.860. The van der Waals surface area contributed by atoms with Gasteiger partial charge in [-0.15, -0.1) is 0 Å². The highest BCUT2D eigenvalue weighted by atomic mass is 16.2. The Morgan fingerprint density at radius 3 is 2.72 bits per heavy atom. The molecule has 1 aromatic heterocycles. The zero-order chi connectivity index (χ0) is 13.0. The molecule has 1 aliphatic heterocycles. The van der Waals surface area contributed by atoms with Gasteiger partial charge in [-0.05, 0) is 25.1 Å². The highest BCUT2D eigenvalue weighted by molar-refractivity contribution is 5.93. The van der Waals surface area contributed by atoms with Gasteiger partial charge in [0.1, 0.15) is 5.69 Å². The number of aromatic nitrogens is 1. The van der Waals surface area contributed by atoms with E-state index in [-0.39, 0.29) is 5.91 Å². The summed E-state index contributed by atoms with van der Waals surface area (Å²) < 4.78 is 0. The van der Waals surface area contributed by atoms with E-state index in [0.717, 1.165) is 39.1 Å². The van der Waals surface area contributed by atoms with Crippen molar-refractivity contribution in [2.75, 3.05) is 38.5 Å². The summed E-state index contributed by atoms with van der Waals surface area (Å²) in [5, 5.41) is 0. The largest absolute Gasteiger partial charge is 0.399 e. The number of amides is 1. The van der Waals surface area contributed by atoms with Crippen molar-refractivity contribution in [1.29, 1.82) is 0 Å². The average Bonchev–Trinajstić information content (AvgIpc) is 2.39. The fourth-order valence-electron chi connectivity index (χ4n) is 2.22. The molecule has 2 rings (SSSR count). The molecule has 0 aromatic carbocycles. The third kappa shape index (κ3) is 2.98. The zero-order valence-corrected chi connectivity index (χ0v) is 10.8. The van der Waals surface area contributed by atoms with Crippen LogP contribution in [0.5, 0.6) is 0 Å². The molecule has 5 heteroatoms. The summed E-state index contributed by atoms with van der Waals surface area (Å²) in [4.78, 5) is 20.5. The van der Waals surface area contributed by atoms with E-state index in [9.17, 15) is 4.79 Å². The lowest BCUT2D eigenvalue weighted by atomic mass is 10.2. The standard InChI is InChI=1S/C13H20N4O/c1-2-5-16-6-8-17(9-7-16)13(18)12-10-11(14)3-4-15-12/h3-4,10H,2,5-9H2,1H3,(H2,14,15). The molecule has 18 heavy (non-hydrogen) atoms. The number of nitrogens with zero attached hydrogens (tertiary/aromatic N) is 3. The topological polar surface area (TPSA) is 62.5 Å². The molecule has 98 valence electrons. The van der Waals surface area contributed by atoms with Crippen LogP contribution in [0, 0.1) is 0 Å². The Morgan fingerprint density at radius 2 is 2.11 bits per heavy atom. The first-order chi connectivity index (χ1) is 8.70. The molecule has 0 atom stereocenters. The summed E-state index contributed by atoms with van der Waals surface area (Å²) in [6.07, 6.45) is 2.74. The molecule has 0 spiro atoms. The summed E-state index contributed by atoms with van der Waals surface area (Å²) in [7, 11) is 0. The third-order valence-corrected chi connectivity index (χ3v) is 3.20. The van der Waals surface area contributed by atoms with Gasteiger partial charge in [-0.3, -0.25) is 14.7 Å². The van der Waals surface area contributed by atoms with Crippen LogP contribution in [-0.2, 0) is 0 Å². The summed E-state index contributed by atoms with van der Waals surface area (Å²) >= 11 is 0. The van der Waals surface area contributed by atoms with Crippen molar-refractivity contribution in [2.24, 2.45) is 0 Å². The number of anilines is 1. The van der Waals surface area contributed by atoms with Crippen molar-refractivity contribution in [1.82, 2.24) is 14.8 Å². The average molecular weight is 248 g/mol. The molecule has 1 amide bonds. The van der Waals surface area contributed by atoms with Crippen molar-refractivity contribution in [3.8, 4) is 0 Å². The van der Waals surface area contributed by atoms with Gasteiger partial charge in [0.25, 0.3) is 5.91 Å². The number of rotatable bonds is 3. The Hall–Kier alpha value is -1.62. The van der Waals surface area contributed by atoms with Crippen LogP contribution in [0.2, 0.25) is 0 Å². The summed E-state index contributed by atoms with van der Waals surface area (Å²) in [6, 6.07) is 3.33. The molecule has 0 bridgehead atoms. The highest BCUT2D eigenvalue weighted by Gasteiger charge is 2.22. The smallest absolute Gasteiger partial charge is 0.272 e. The van der Waals surface area contributed by atoms with Gasteiger partial charge in [-0.25, -0.2) is 0 Å². The van der Waals surface area contributed by atoms with Crippen LogP contribution in [0.1, 0.15) is 23.8 Å². The SMILES string of the molecule is CCCN1CCN(C(=O)c2cc(N)ccn2)CC1. The predicted molar refractivity (Wildman–Crippen MR) is 71.3 cm³/mol. The lowest BCUT2D eigenvalue weighted by Crippen LogP contribution is -2.48. The second kappa shape index (κ2) is 5.82. The van der Waals surface area contributed by atoms with Crippen molar-refractivity contribution in [3.05, 3.63) is 24.0 Å². The van der Waals surface area contributed by atoms with Crippen LogP contribution in [-0.4, -0.2) is 53.4 Å². The van der Waals surface area contributed by atoms with Crippen molar-refractivity contribution < 1.29 is 4.79 Å². The molecular weight excluding hydrogens is 228 g/mol. The van der Waals surface area contributed by atoms with Gasteiger partial charge < -0.3 is 10.6 Å². The molecule has 0 radical (unpaired) electrons.